The molecule has 1 amide bonds. The Balaban J connectivity index is 1.74. The standard InChI is InChI=1S/C14H14F3N3O/c15-12-9(8-3-5-18-6-4-8)1-2-10(19-12)13(21)20-11-7-14(11,16)17/h1-3,11,18H,4-7H2,(H,20,21). The predicted molar refractivity (Wildman–Crippen MR) is 70.5 cm³/mol. The van der Waals surface area contributed by atoms with Crippen molar-refractivity contribution in [2.45, 2.75) is 24.8 Å². The molecule has 2 N–H and O–H groups in total. The van der Waals surface area contributed by atoms with Crippen LogP contribution in [0.1, 0.15) is 28.9 Å². The first-order valence-corrected chi connectivity index (χ1v) is 6.73. The molecular formula is C14H14F3N3O. The van der Waals surface area contributed by atoms with E-state index >= 15 is 0 Å². The molecule has 1 aliphatic carbocycles. The van der Waals surface area contributed by atoms with Gasteiger partial charge in [0, 0.05) is 18.5 Å². The summed E-state index contributed by atoms with van der Waals surface area (Å²) in [6.45, 7) is 1.41. The largest absolute Gasteiger partial charge is 0.342 e. The van der Waals surface area contributed by atoms with E-state index in [-0.39, 0.29) is 12.1 Å². The maximum Gasteiger partial charge on any atom is 0.270 e. The molecule has 0 aromatic carbocycles. The molecule has 1 saturated carbocycles. The van der Waals surface area contributed by atoms with Crippen molar-refractivity contribution in [1.82, 2.24) is 15.6 Å². The number of halogens is 3. The van der Waals surface area contributed by atoms with Gasteiger partial charge in [0.15, 0.2) is 0 Å². The first-order chi connectivity index (χ1) is 9.97. The summed E-state index contributed by atoms with van der Waals surface area (Å²) in [4.78, 5) is 15.3. The first kappa shape index (κ1) is 14.1. The normalized spacial score (nSPS) is 23.4. The Bertz CT molecular complexity index is 615. The van der Waals surface area contributed by atoms with Crippen LogP contribution in [0.3, 0.4) is 0 Å². The molecule has 4 nitrogen and oxygen atoms in total. The molecule has 21 heavy (non-hydrogen) atoms. The molecule has 1 aliphatic heterocycles. The number of rotatable bonds is 3. The van der Waals surface area contributed by atoms with Gasteiger partial charge >= 0.3 is 0 Å². The van der Waals surface area contributed by atoms with Gasteiger partial charge < -0.3 is 10.6 Å². The zero-order valence-corrected chi connectivity index (χ0v) is 11.1. The molecular weight excluding hydrogens is 283 g/mol. The molecule has 1 atom stereocenters. The lowest BCUT2D eigenvalue weighted by atomic mass is 10.0. The van der Waals surface area contributed by atoms with E-state index in [0.29, 0.717) is 18.5 Å². The summed E-state index contributed by atoms with van der Waals surface area (Å²) in [5.41, 5.74) is 0.998. The highest BCUT2D eigenvalue weighted by Crippen LogP contribution is 2.41. The lowest BCUT2D eigenvalue weighted by Crippen LogP contribution is -2.30. The molecule has 0 spiro atoms. The van der Waals surface area contributed by atoms with Crippen LogP contribution in [-0.2, 0) is 0 Å². The molecule has 112 valence electrons. The van der Waals surface area contributed by atoms with Crippen molar-refractivity contribution in [3.63, 3.8) is 0 Å². The Morgan fingerprint density at radius 1 is 1.43 bits per heavy atom. The third kappa shape index (κ3) is 2.92. The number of carbonyl (C=O) groups excluding carboxylic acids is 1. The van der Waals surface area contributed by atoms with Crippen LogP contribution in [0.15, 0.2) is 18.2 Å². The number of pyridine rings is 1. The average Bonchev–Trinajstić information content (AvgIpc) is 3.06. The maximum absolute atomic E-state index is 14.0. The second-order valence-electron chi connectivity index (χ2n) is 5.21. The van der Waals surface area contributed by atoms with Crippen molar-refractivity contribution in [3.8, 4) is 0 Å². The predicted octanol–water partition coefficient (Wildman–Crippen LogP) is 1.73. The second-order valence-corrected chi connectivity index (χ2v) is 5.21. The number of carbonyl (C=O) groups is 1. The van der Waals surface area contributed by atoms with Gasteiger partial charge in [0.2, 0.25) is 5.95 Å². The minimum atomic E-state index is -2.85. The van der Waals surface area contributed by atoms with Crippen molar-refractivity contribution in [3.05, 3.63) is 35.4 Å². The SMILES string of the molecule is O=C(NC1CC1(F)F)c1ccc(C2=CCNCC2)c(F)n1. The van der Waals surface area contributed by atoms with Crippen LogP contribution >= 0.6 is 0 Å². The summed E-state index contributed by atoms with van der Waals surface area (Å²) in [5.74, 6) is -4.38. The molecule has 2 heterocycles. The maximum atomic E-state index is 14.0. The highest BCUT2D eigenvalue weighted by Gasteiger charge is 2.58. The lowest BCUT2D eigenvalue weighted by Gasteiger charge is -2.14. The number of nitrogens with zero attached hydrogens (tertiary/aromatic N) is 1. The van der Waals surface area contributed by atoms with E-state index in [9.17, 15) is 18.0 Å². The van der Waals surface area contributed by atoms with E-state index in [1.807, 2.05) is 6.08 Å². The summed E-state index contributed by atoms with van der Waals surface area (Å²) in [5, 5.41) is 5.26. The molecule has 7 heteroatoms. The minimum Gasteiger partial charge on any atom is -0.342 e. The third-order valence-corrected chi connectivity index (χ3v) is 3.62. The smallest absolute Gasteiger partial charge is 0.270 e. The van der Waals surface area contributed by atoms with E-state index in [1.165, 1.54) is 12.1 Å². The summed E-state index contributed by atoms with van der Waals surface area (Å²) in [6.07, 6.45) is 2.17. The summed E-state index contributed by atoms with van der Waals surface area (Å²) in [7, 11) is 0. The molecule has 1 aromatic heterocycles. The van der Waals surface area contributed by atoms with Gasteiger partial charge in [-0.2, -0.15) is 4.39 Å². The van der Waals surface area contributed by atoms with Gasteiger partial charge in [-0.15, -0.1) is 0 Å². The molecule has 1 fully saturated rings. The van der Waals surface area contributed by atoms with Gasteiger partial charge in [0.1, 0.15) is 5.69 Å². The first-order valence-electron chi connectivity index (χ1n) is 6.73. The van der Waals surface area contributed by atoms with Crippen LogP contribution in [0.2, 0.25) is 0 Å². The molecule has 3 rings (SSSR count). The molecule has 1 unspecified atom stereocenters. The third-order valence-electron chi connectivity index (χ3n) is 3.62. The monoisotopic (exact) mass is 297 g/mol. The number of alkyl halides is 2. The Morgan fingerprint density at radius 2 is 2.19 bits per heavy atom. The average molecular weight is 297 g/mol. The van der Waals surface area contributed by atoms with E-state index < -0.39 is 23.8 Å². The number of amides is 1. The van der Waals surface area contributed by atoms with Gasteiger partial charge in [-0.3, -0.25) is 4.79 Å². The summed E-state index contributed by atoms with van der Waals surface area (Å²) < 4.78 is 39.5. The Hall–Kier alpha value is -1.89. The van der Waals surface area contributed by atoms with Crippen LogP contribution in [-0.4, -0.2) is 35.9 Å². The van der Waals surface area contributed by atoms with E-state index in [4.69, 9.17) is 0 Å². The summed E-state index contributed by atoms with van der Waals surface area (Å²) in [6, 6.07) is 1.66. The lowest BCUT2D eigenvalue weighted by molar-refractivity contribution is 0.0844. The van der Waals surface area contributed by atoms with Crippen LogP contribution in [0, 0.1) is 5.95 Å². The van der Waals surface area contributed by atoms with Crippen molar-refractivity contribution in [2.75, 3.05) is 13.1 Å². The van der Waals surface area contributed by atoms with Crippen LogP contribution in [0.5, 0.6) is 0 Å². The zero-order valence-electron chi connectivity index (χ0n) is 11.1. The highest BCUT2D eigenvalue weighted by atomic mass is 19.3. The van der Waals surface area contributed by atoms with Gasteiger partial charge in [0.25, 0.3) is 11.8 Å². The molecule has 0 bridgehead atoms. The number of aromatic nitrogens is 1. The fraction of sp³-hybridized carbons (Fsp3) is 0.429. The highest BCUT2D eigenvalue weighted by molar-refractivity contribution is 5.93. The van der Waals surface area contributed by atoms with E-state index in [0.717, 1.165) is 12.1 Å². The Morgan fingerprint density at radius 3 is 2.76 bits per heavy atom. The van der Waals surface area contributed by atoms with Crippen molar-refractivity contribution < 1.29 is 18.0 Å². The topological polar surface area (TPSA) is 54.0 Å². The zero-order chi connectivity index (χ0) is 15.0. The van der Waals surface area contributed by atoms with Gasteiger partial charge in [-0.25, -0.2) is 13.8 Å². The fourth-order valence-corrected chi connectivity index (χ4v) is 2.27. The van der Waals surface area contributed by atoms with E-state index in [1.54, 1.807) is 0 Å². The quantitative estimate of drug-likeness (QED) is 0.836. The summed E-state index contributed by atoms with van der Waals surface area (Å²) >= 11 is 0. The molecule has 0 saturated heterocycles. The van der Waals surface area contributed by atoms with Gasteiger partial charge in [0.05, 0.1) is 6.04 Å². The van der Waals surface area contributed by atoms with Crippen molar-refractivity contribution in [1.29, 1.82) is 0 Å². The molecule has 1 aromatic rings. The number of hydrogen-bond acceptors (Lipinski definition) is 3. The number of hydrogen-bond donors (Lipinski definition) is 2. The molecule has 2 aliphatic rings. The van der Waals surface area contributed by atoms with E-state index in [2.05, 4.69) is 15.6 Å². The number of nitrogens with one attached hydrogen (secondary N) is 2. The van der Waals surface area contributed by atoms with Crippen molar-refractivity contribution in [2.24, 2.45) is 0 Å². The van der Waals surface area contributed by atoms with Crippen LogP contribution in [0.4, 0.5) is 13.2 Å². The second kappa shape index (κ2) is 5.14. The van der Waals surface area contributed by atoms with Crippen molar-refractivity contribution >= 4 is 11.5 Å². The van der Waals surface area contributed by atoms with Crippen LogP contribution in [0.25, 0.3) is 5.57 Å². The fourth-order valence-electron chi connectivity index (χ4n) is 2.27. The van der Waals surface area contributed by atoms with Gasteiger partial charge in [-0.05, 0) is 30.7 Å². The Kier molecular flexibility index (Phi) is 3.44. The van der Waals surface area contributed by atoms with Crippen LogP contribution < -0.4 is 10.6 Å². The minimum absolute atomic E-state index is 0.187. The molecule has 0 radical (unpaired) electrons. The Labute approximate surface area is 119 Å². The van der Waals surface area contributed by atoms with Gasteiger partial charge in [-0.1, -0.05) is 6.08 Å².